The van der Waals surface area contributed by atoms with Crippen molar-refractivity contribution in [1.29, 1.82) is 5.41 Å². The monoisotopic (exact) mass is 568 g/mol. The molecule has 2 fully saturated rings. The van der Waals surface area contributed by atoms with Gasteiger partial charge in [0.2, 0.25) is 0 Å². The van der Waals surface area contributed by atoms with E-state index in [1.165, 1.54) is 50.3 Å². The summed E-state index contributed by atoms with van der Waals surface area (Å²) in [7, 11) is 0. The maximum Gasteiger partial charge on any atom is 0.251 e. The Balaban J connectivity index is 1.46. The van der Waals surface area contributed by atoms with Crippen molar-refractivity contribution in [2.75, 3.05) is 6.54 Å². The fourth-order valence-electron chi connectivity index (χ4n) is 4.65. The number of aromatic nitrogens is 1. The van der Waals surface area contributed by atoms with Crippen LogP contribution in [0.1, 0.15) is 50.8 Å². The first-order valence-electron chi connectivity index (χ1n) is 13.2. The largest absolute Gasteiger partial charge is 0.388 e. The van der Waals surface area contributed by atoms with E-state index in [1.807, 2.05) is 0 Å². The Hall–Kier alpha value is -3.40. The lowest BCUT2D eigenvalue weighted by molar-refractivity contribution is -0.118. The first-order chi connectivity index (χ1) is 18.9. The van der Waals surface area contributed by atoms with Gasteiger partial charge in [0.1, 0.15) is 17.1 Å². The number of halogens is 3. The van der Waals surface area contributed by atoms with Crippen LogP contribution in [0.25, 0.3) is 11.3 Å². The van der Waals surface area contributed by atoms with E-state index in [2.05, 4.69) is 15.6 Å². The molecule has 0 radical (unpaired) electrons. The predicted molar refractivity (Wildman–Crippen MR) is 148 cm³/mol. The van der Waals surface area contributed by atoms with Crippen LogP contribution < -0.4 is 10.6 Å². The molecule has 210 valence electrons. The van der Waals surface area contributed by atoms with Crippen molar-refractivity contribution < 1.29 is 23.8 Å². The molecule has 1 aromatic carbocycles. The average Bonchev–Trinajstić information content (AvgIpc) is 3.81. The molecule has 3 aliphatic carbocycles. The fraction of sp³-hybridized carbons (Fsp3) is 0.367. The molecular weight excluding hydrogens is 538 g/mol. The third-order valence-corrected chi connectivity index (χ3v) is 7.68. The van der Waals surface area contributed by atoms with Crippen LogP contribution in [0.3, 0.4) is 0 Å². The lowest BCUT2D eigenvalue weighted by Crippen LogP contribution is -2.44. The summed E-state index contributed by atoms with van der Waals surface area (Å²) in [5, 5.41) is 36.9. The molecule has 5 N–H and O–H groups in total. The summed E-state index contributed by atoms with van der Waals surface area (Å²) >= 11 is 6.24. The Morgan fingerprint density at radius 2 is 1.82 bits per heavy atom. The lowest BCUT2D eigenvalue weighted by atomic mass is 9.87. The molecule has 0 saturated heterocycles. The number of allylic oxidation sites excluding steroid dienone is 3. The minimum absolute atomic E-state index is 0.0802. The topological polar surface area (TPSA) is 118 Å². The Kier molecular flexibility index (Phi) is 7.41. The molecule has 1 aromatic heterocycles. The standard InChI is InChI=1S/C30H31ClF2N4O3/c1-29(2,39)22-13-24(37-27(25(22)33)16-3-7-20(32)8-4-16)30(40,19-5-6-19)15-36-28(38)17-11-18(14-35-21-9-10-21)26(34)23(31)12-17/h3-4,7-8,11-14,19,21,34-35,39-40H,5-6,9-10,15H2,1-2H3,(H,36,38)/b18-14-,34-26?/t30-/m1/s1. The highest BCUT2D eigenvalue weighted by atomic mass is 35.5. The van der Waals surface area contributed by atoms with Crippen molar-refractivity contribution in [2.24, 2.45) is 5.92 Å². The highest BCUT2D eigenvalue weighted by molar-refractivity contribution is 6.47. The van der Waals surface area contributed by atoms with Crippen LogP contribution in [0, 0.1) is 23.0 Å². The van der Waals surface area contributed by atoms with Gasteiger partial charge in [0.05, 0.1) is 28.6 Å². The minimum atomic E-state index is -1.67. The van der Waals surface area contributed by atoms with Crippen LogP contribution in [0.4, 0.5) is 8.78 Å². The van der Waals surface area contributed by atoms with Crippen LogP contribution in [0.15, 0.2) is 64.9 Å². The van der Waals surface area contributed by atoms with Gasteiger partial charge in [-0.25, -0.2) is 13.8 Å². The Morgan fingerprint density at radius 1 is 1.15 bits per heavy atom. The molecule has 7 nitrogen and oxygen atoms in total. The van der Waals surface area contributed by atoms with Gasteiger partial charge in [-0.3, -0.25) is 10.2 Å². The molecule has 0 bridgehead atoms. The molecule has 3 aliphatic rings. The van der Waals surface area contributed by atoms with Gasteiger partial charge in [0, 0.05) is 34.5 Å². The van der Waals surface area contributed by atoms with E-state index in [-0.39, 0.29) is 51.3 Å². The maximum absolute atomic E-state index is 15.6. The number of nitrogens with one attached hydrogen (secondary N) is 3. The number of aliphatic hydroxyl groups is 2. The molecule has 0 spiro atoms. The second-order valence-electron chi connectivity index (χ2n) is 11.2. The molecule has 2 aromatic rings. The predicted octanol–water partition coefficient (Wildman–Crippen LogP) is 4.69. The van der Waals surface area contributed by atoms with Gasteiger partial charge in [-0.1, -0.05) is 11.6 Å². The number of hydrogen-bond donors (Lipinski definition) is 5. The van der Waals surface area contributed by atoms with Crippen molar-refractivity contribution in [3.8, 4) is 11.3 Å². The number of hydrogen-bond acceptors (Lipinski definition) is 6. The quantitative estimate of drug-likeness (QED) is 0.301. The normalized spacial score (nSPS) is 20.1. The van der Waals surface area contributed by atoms with Crippen LogP contribution in [0.2, 0.25) is 0 Å². The van der Waals surface area contributed by atoms with E-state index < -0.39 is 28.7 Å². The lowest BCUT2D eigenvalue weighted by Gasteiger charge is -2.31. The summed E-state index contributed by atoms with van der Waals surface area (Å²) in [6.45, 7) is 2.62. The molecular formula is C30H31ClF2N4O3. The highest BCUT2D eigenvalue weighted by Crippen LogP contribution is 2.46. The summed E-state index contributed by atoms with van der Waals surface area (Å²) < 4.78 is 29.2. The zero-order valence-corrected chi connectivity index (χ0v) is 22.9. The van der Waals surface area contributed by atoms with Crippen LogP contribution in [-0.2, 0) is 16.0 Å². The number of rotatable bonds is 9. The molecule has 10 heteroatoms. The third kappa shape index (κ3) is 5.87. The minimum Gasteiger partial charge on any atom is -0.388 e. The van der Waals surface area contributed by atoms with E-state index in [0.29, 0.717) is 24.5 Å². The van der Waals surface area contributed by atoms with Crippen LogP contribution in [0.5, 0.6) is 0 Å². The Bertz CT molecular complexity index is 1450. The van der Waals surface area contributed by atoms with E-state index in [9.17, 15) is 19.4 Å². The number of benzene rings is 1. The number of amides is 1. The average molecular weight is 569 g/mol. The zero-order chi connectivity index (χ0) is 28.8. The van der Waals surface area contributed by atoms with E-state index >= 15 is 4.39 Å². The van der Waals surface area contributed by atoms with Gasteiger partial charge in [0.15, 0.2) is 5.82 Å². The Morgan fingerprint density at radius 3 is 2.42 bits per heavy atom. The van der Waals surface area contributed by atoms with Crippen LogP contribution >= 0.6 is 11.6 Å². The smallest absolute Gasteiger partial charge is 0.251 e. The second kappa shape index (κ2) is 10.5. The molecule has 40 heavy (non-hydrogen) atoms. The van der Waals surface area contributed by atoms with Crippen LogP contribution in [-0.4, -0.2) is 39.4 Å². The molecule has 0 unspecified atom stereocenters. The fourth-order valence-corrected chi connectivity index (χ4v) is 4.87. The zero-order valence-electron chi connectivity index (χ0n) is 22.2. The second-order valence-corrected chi connectivity index (χ2v) is 11.6. The first-order valence-corrected chi connectivity index (χ1v) is 13.6. The van der Waals surface area contributed by atoms with Gasteiger partial charge in [-0.05, 0) is 87.9 Å². The SMILES string of the molecule is CC(C)(O)c1cc([C@@](O)(CNC(=O)C2=C/C(=C/NC3CC3)C(=N)C(Cl)=C2)C2CC2)nc(-c2ccc(F)cc2)c1F. The van der Waals surface area contributed by atoms with E-state index in [4.69, 9.17) is 17.0 Å². The van der Waals surface area contributed by atoms with Crippen molar-refractivity contribution in [3.05, 3.63) is 87.8 Å². The van der Waals surface area contributed by atoms with Gasteiger partial charge in [-0.2, -0.15) is 0 Å². The molecule has 1 amide bonds. The van der Waals surface area contributed by atoms with Crippen molar-refractivity contribution >= 4 is 23.2 Å². The first kappa shape index (κ1) is 28.1. The maximum atomic E-state index is 15.6. The van der Waals surface area contributed by atoms with E-state index in [0.717, 1.165) is 12.8 Å². The molecule has 5 rings (SSSR count). The summed E-state index contributed by atoms with van der Waals surface area (Å²) in [5.74, 6) is -2.04. The van der Waals surface area contributed by atoms with Crippen molar-refractivity contribution in [3.63, 3.8) is 0 Å². The molecule has 2 saturated carbocycles. The van der Waals surface area contributed by atoms with Gasteiger partial charge in [-0.15, -0.1) is 0 Å². The van der Waals surface area contributed by atoms with Crippen molar-refractivity contribution in [2.45, 2.75) is 56.8 Å². The third-order valence-electron chi connectivity index (χ3n) is 7.38. The molecule has 1 heterocycles. The molecule has 0 aliphatic heterocycles. The van der Waals surface area contributed by atoms with Gasteiger partial charge >= 0.3 is 0 Å². The van der Waals surface area contributed by atoms with Crippen molar-refractivity contribution in [1.82, 2.24) is 15.6 Å². The number of carbonyl (C=O) groups is 1. The van der Waals surface area contributed by atoms with E-state index in [1.54, 1.807) is 12.3 Å². The summed E-state index contributed by atoms with van der Waals surface area (Å²) in [5.41, 5.74) is -2.33. The Labute approximate surface area is 236 Å². The van der Waals surface area contributed by atoms with Gasteiger partial charge < -0.3 is 20.8 Å². The highest BCUT2D eigenvalue weighted by Gasteiger charge is 2.47. The summed E-state index contributed by atoms with van der Waals surface area (Å²) in [4.78, 5) is 17.6. The number of carbonyl (C=O) groups excluding carboxylic acids is 1. The summed E-state index contributed by atoms with van der Waals surface area (Å²) in [6, 6.07) is 6.81. The summed E-state index contributed by atoms with van der Waals surface area (Å²) in [6.07, 6.45) is 8.07. The molecule has 1 atom stereocenters. The number of nitrogens with zero attached hydrogens (tertiary/aromatic N) is 1. The van der Waals surface area contributed by atoms with Gasteiger partial charge in [0.25, 0.3) is 5.91 Å². The number of pyridine rings is 1.